The molecule has 0 aliphatic rings. The van der Waals surface area contributed by atoms with Crippen molar-refractivity contribution >= 4 is 31.4 Å². The highest BCUT2D eigenvalue weighted by molar-refractivity contribution is 7.93. The Hall–Kier alpha value is -2.91. The molecule has 0 aliphatic heterocycles. The molecule has 1 N–H and O–H groups in total. The third kappa shape index (κ3) is 5.12. The number of halogens is 1. The number of anilines is 2. The van der Waals surface area contributed by atoms with Gasteiger partial charge in [0.2, 0.25) is 10.0 Å². The smallest absolute Gasteiger partial charge is 0.267 e. The molecule has 3 aromatic rings. The lowest BCUT2D eigenvalue weighted by atomic mass is 10.2. The summed E-state index contributed by atoms with van der Waals surface area (Å²) in [4.78, 5) is -0.545. The van der Waals surface area contributed by atoms with Gasteiger partial charge in [-0.3, -0.25) is 9.03 Å². The Balaban J connectivity index is 2.05. The van der Waals surface area contributed by atoms with Gasteiger partial charge in [0.25, 0.3) is 10.0 Å². The van der Waals surface area contributed by atoms with Crippen LogP contribution in [0.4, 0.5) is 15.8 Å². The largest absolute Gasteiger partial charge is 0.284 e. The van der Waals surface area contributed by atoms with Crippen LogP contribution in [0.2, 0.25) is 0 Å². The van der Waals surface area contributed by atoms with E-state index in [4.69, 9.17) is 0 Å². The van der Waals surface area contributed by atoms with Crippen molar-refractivity contribution < 1.29 is 21.2 Å². The molecule has 0 saturated carbocycles. The number of sulfonamides is 2. The molecular weight excluding hydrogens is 415 g/mol. The molecule has 6 nitrogen and oxygen atoms in total. The summed E-state index contributed by atoms with van der Waals surface area (Å²) in [7, 11) is -7.88. The zero-order chi connectivity index (χ0) is 21.1. The Morgan fingerprint density at radius 2 is 1.45 bits per heavy atom. The summed E-state index contributed by atoms with van der Waals surface area (Å²) in [6, 6.07) is 20.5. The molecule has 29 heavy (non-hydrogen) atoms. The average Bonchev–Trinajstić information content (AvgIpc) is 2.66. The van der Waals surface area contributed by atoms with Crippen molar-refractivity contribution in [3.05, 3.63) is 90.2 Å². The van der Waals surface area contributed by atoms with Gasteiger partial charge < -0.3 is 0 Å². The third-order valence-corrected chi connectivity index (χ3v) is 6.43. The molecule has 0 bridgehead atoms. The van der Waals surface area contributed by atoms with Crippen LogP contribution in [0.3, 0.4) is 0 Å². The zero-order valence-electron chi connectivity index (χ0n) is 15.5. The van der Waals surface area contributed by atoms with Crippen LogP contribution in [0.1, 0.15) is 5.56 Å². The van der Waals surface area contributed by atoms with Gasteiger partial charge in [0, 0.05) is 0 Å². The fourth-order valence-corrected chi connectivity index (χ4v) is 4.82. The van der Waals surface area contributed by atoms with E-state index < -0.39 is 30.8 Å². The topological polar surface area (TPSA) is 83.5 Å². The third-order valence-electron chi connectivity index (χ3n) is 4.02. The Morgan fingerprint density at radius 1 is 0.862 bits per heavy atom. The number of hydrogen-bond acceptors (Lipinski definition) is 4. The lowest BCUT2D eigenvalue weighted by Gasteiger charge is -2.25. The maximum absolute atomic E-state index is 14.7. The summed E-state index contributed by atoms with van der Waals surface area (Å²) in [6.45, 7) is 0.00989. The lowest BCUT2D eigenvalue weighted by Crippen LogP contribution is -2.31. The van der Waals surface area contributed by atoms with Crippen LogP contribution in [-0.4, -0.2) is 23.1 Å². The second-order valence-electron chi connectivity index (χ2n) is 6.35. The number of nitrogens with zero attached hydrogens (tertiary/aromatic N) is 1. The van der Waals surface area contributed by atoms with Crippen molar-refractivity contribution in [1.29, 1.82) is 0 Å². The van der Waals surface area contributed by atoms with E-state index in [1.165, 1.54) is 6.07 Å². The highest BCUT2D eigenvalue weighted by atomic mass is 32.2. The van der Waals surface area contributed by atoms with Crippen LogP contribution in [0.25, 0.3) is 0 Å². The maximum Gasteiger partial charge on any atom is 0.267 e. The highest BCUT2D eigenvalue weighted by Gasteiger charge is 2.28. The fourth-order valence-electron chi connectivity index (χ4n) is 2.76. The molecule has 3 aromatic carbocycles. The van der Waals surface area contributed by atoms with Gasteiger partial charge in [-0.15, -0.1) is 0 Å². The minimum Gasteiger partial charge on any atom is -0.284 e. The second-order valence-corrected chi connectivity index (χ2v) is 9.93. The average molecular weight is 435 g/mol. The van der Waals surface area contributed by atoms with Crippen LogP contribution in [-0.2, 0) is 26.6 Å². The standard InChI is InChI=1S/C20H19FN2O4S2/c1-28(24,25)22-17-12-13-20(19(21)14-17)29(26,27)23(18-10-6-3-7-11-18)15-16-8-4-2-5-9-16/h2-14,22H,15H2,1H3. The molecule has 0 heterocycles. The molecule has 0 amide bonds. The molecule has 0 atom stereocenters. The van der Waals surface area contributed by atoms with Gasteiger partial charge >= 0.3 is 0 Å². The van der Waals surface area contributed by atoms with Crippen LogP contribution >= 0.6 is 0 Å². The van der Waals surface area contributed by atoms with Gasteiger partial charge in [-0.2, -0.15) is 0 Å². The summed E-state index contributed by atoms with van der Waals surface area (Å²) in [6.07, 6.45) is 0.923. The van der Waals surface area contributed by atoms with E-state index in [2.05, 4.69) is 4.72 Å². The molecule has 0 radical (unpaired) electrons. The zero-order valence-corrected chi connectivity index (χ0v) is 17.1. The molecule has 9 heteroatoms. The van der Waals surface area contributed by atoms with Crippen molar-refractivity contribution in [2.45, 2.75) is 11.4 Å². The first kappa shape index (κ1) is 20.8. The van der Waals surface area contributed by atoms with Crippen molar-refractivity contribution in [1.82, 2.24) is 0 Å². The summed E-state index contributed by atoms with van der Waals surface area (Å²) in [5, 5.41) is 0. The van der Waals surface area contributed by atoms with Crippen molar-refractivity contribution in [2.75, 3.05) is 15.3 Å². The predicted molar refractivity (Wildman–Crippen MR) is 111 cm³/mol. The van der Waals surface area contributed by atoms with Gasteiger partial charge in [-0.1, -0.05) is 48.5 Å². The van der Waals surface area contributed by atoms with Crippen molar-refractivity contribution in [3.63, 3.8) is 0 Å². The second kappa shape index (κ2) is 8.22. The molecule has 152 valence electrons. The Kier molecular flexibility index (Phi) is 5.90. The maximum atomic E-state index is 14.7. The Morgan fingerprint density at radius 3 is 2.00 bits per heavy atom. The van der Waals surface area contributed by atoms with Gasteiger partial charge in [0.15, 0.2) is 0 Å². The summed E-state index contributed by atoms with van der Waals surface area (Å²) in [5.74, 6) is -1.05. The number of para-hydroxylation sites is 1. The number of hydrogen-bond donors (Lipinski definition) is 1. The van der Waals surface area contributed by atoms with E-state index in [9.17, 15) is 21.2 Å². The lowest BCUT2D eigenvalue weighted by molar-refractivity contribution is 0.563. The summed E-state index contributed by atoms with van der Waals surface area (Å²) >= 11 is 0. The Labute approximate surface area is 169 Å². The molecule has 0 aliphatic carbocycles. The van der Waals surface area contributed by atoms with Gasteiger partial charge in [-0.25, -0.2) is 21.2 Å². The van der Waals surface area contributed by atoms with E-state index >= 15 is 0 Å². The van der Waals surface area contributed by atoms with Crippen molar-refractivity contribution in [3.8, 4) is 0 Å². The summed E-state index contributed by atoms with van der Waals surface area (Å²) < 4.78 is 67.2. The quantitative estimate of drug-likeness (QED) is 0.616. The number of nitrogens with one attached hydrogen (secondary N) is 1. The SMILES string of the molecule is CS(=O)(=O)Nc1ccc(S(=O)(=O)N(Cc2ccccc2)c2ccccc2)c(F)c1. The molecule has 0 aromatic heterocycles. The first-order valence-electron chi connectivity index (χ1n) is 8.56. The van der Waals surface area contributed by atoms with Gasteiger partial charge in [-0.05, 0) is 35.9 Å². The predicted octanol–water partition coefficient (Wildman–Crippen LogP) is 3.59. The molecular formula is C20H19FN2O4S2. The fraction of sp³-hybridized carbons (Fsp3) is 0.100. The molecule has 0 saturated heterocycles. The van der Waals surface area contributed by atoms with E-state index in [1.54, 1.807) is 54.6 Å². The van der Waals surface area contributed by atoms with Crippen molar-refractivity contribution in [2.24, 2.45) is 0 Å². The Bertz CT molecular complexity index is 1200. The molecule has 0 fully saturated rings. The molecule has 0 unspecified atom stereocenters. The first-order chi connectivity index (χ1) is 13.7. The minimum atomic E-state index is -4.26. The van der Waals surface area contributed by atoms with Crippen LogP contribution in [0.15, 0.2) is 83.8 Å². The van der Waals surface area contributed by atoms with E-state index in [-0.39, 0.29) is 12.2 Å². The first-order valence-corrected chi connectivity index (χ1v) is 11.9. The highest BCUT2D eigenvalue weighted by Crippen LogP contribution is 2.28. The summed E-state index contributed by atoms with van der Waals surface area (Å²) in [5.41, 5.74) is 1.06. The normalized spacial score (nSPS) is 11.8. The molecule has 3 rings (SSSR count). The molecule has 0 spiro atoms. The van der Waals surface area contributed by atoms with E-state index in [0.717, 1.165) is 28.3 Å². The van der Waals surface area contributed by atoms with E-state index in [0.29, 0.717) is 5.69 Å². The monoisotopic (exact) mass is 434 g/mol. The number of rotatable bonds is 7. The minimum absolute atomic E-state index is 0.00989. The van der Waals surface area contributed by atoms with E-state index in [1.807, 2.05) is 6.07 Å². The van der Waals surface area contributed by atoms with Gasteiger partial charge in [0.05, 0.1) is 24.2 Å². The number of benzene rings is 3. The van der Waals surface area contributed by atoms with Crippen LogP contribution in [0, 0.1) is 5.82 Å². The van der Waals surface area contributed by atoms with Gasteiger partial charge in [0.1, 0.15) is 10.7 Å². The van der Waals surface area contributed by atoms with Crippen LogP contribution in [0.5, 0.6) is 0 Å². The van der Waals surface area contributed by atoms with Crippen LogP contribution < -0.4 is 9.03 Å².